The van der Waals surface area contributed by atoms with Crippen LogP contribution < -0.4 is 0 Å². The Balaban J connectivity index is 1.79. The van der Waals surface area contributed by atoms with Crippen LogP contribution in [0.5, 0.6) is 0 Å². The Hall–Kier alpha value is -3.61. The molecule has 2 aliphatic carbocycles. The van der Waals surface area contributed by atoms with Gasteiger partial charge < -0.3 is 0 Å². The molecule has 1 spiro atoms. The summed E-state index contributed by atoms with van der Waals surface area (Å²) in [6.07, 6.45) is 6.20. The minimum atomic E-state index is -0.379. The molecule has 0 N–H and O–H groups in total. The van der Waals surface area contributed by atoms with Crippen LogP contribution in [0.1, 0.15) is 34.7 Å². The second kappa shape index (κ2) is 7.72. The van der Waals surface area contributed by atoms with E-state index in [2.05, 4.69) is 111 Å². The number of hydrogen-bond donors (Lipinski definition) is 0. The highest BCUT2D eigenvalue weighted by Gasteiger charge is 2.52. The van der Waals surface area contributed by atoms with E-state index in [4.69, 9.17) is 11.6 Å². The summed E-state index contributed by atoms with van der Waals surface area (Å²) in [6, 6.07) is 30.9. The minimum absolute atomic E-state index is 0.379. The third kappa shape index (κ3) is 2.67. The minimum Gasteiger partial charge on any atom is -0.0991 e. The van der Waals surface area contributed by atoms with Gasteiger partial charge in [0.15, 0.2) is 0 Å². The van der Waals surface area contributed by atoms with Crippen molar-refractivity contribution < 1.29 is 0 Å². The number of benzene rings is 4. The molecule has 0 heterocycles. The molecule has 0 aromatic heterocycles. The van der Waals surface area contributed by atoms with Crippen LogP contribution in [0.3, 0.4) is 0 Å². The molecule has 0 bridgehead atoms. The molecule has 4 aromatic rings. The van der Waals surface area contributed by atoms with Crippen LogP contribution in [-0.2, 0) is 5.41 Å². The molecule has 1 heteroatoms. The van der Waals surface area contributed by atoms with Gasteiger partial charge in [0.1, 0.15) is 0 Å². The van der Waals surface area contributed by atoms with Crippen molar-refractivity contribution in [2.24, 2.45) is 0 Å². The van der Waals surface area contributed by atoms with Crippen LogP contribution >= 0.6 is 11.6 Å². The average Bonchev–Trinajstić information content (AvgIpc) is 3.30. The molecule has 0 amide bonds. The molecule has 0 atom stereocenters. The predicted molar refractivity (Wildman–Crippen MR) is 145 cm³/mol. The Morgan fingerprint density at radius 1 is 0.735 bits per heavy atom. The lowest BCUT2D eigenvalue weighted by Gasteiger charge is -2.33. The summed E-state index contributed by atoms with van der Waals surface area (Å²) >= 11 is 6.42. The largest absolute Gasteiger partial charge is 0.0991 e. The van der Waals surface area contributed by atoms with Crippen molar-refractivity contribution in [2.45, 2.75) is 19.3 Å². The van der Waals surface area contributed by atoms with E-state index in [9.17, 15) is 0 Å². The summed E-state index contributed by atoms with van der Waals surface area (Å²) in [5, 5.41) is 0.798. The highest BCUT2D eigenvalue weighted by atomic mass is 35.5. The molecule has 0 fully saturated rings. The van der Waals surface area contributed by atoms with Gasteiger partial charge in [0.2, 0.25) is 0 Å². The Morgan fingerprint density at radius 2 is 1.35 bits per heavy atom. The Morgan fingerprint density at radius 3 is 2.00 bits per heavy atom. The molecule has 6 rings (SSSR count). The lowest BCUT2D eigenvalue weighted by molar-refractivity contribution is 0.788. The molecule has 0 unspecified atom stereocenters. The fraction of sp³-hybridized carbons (Fsp3) is 0.0909. The fourth-order valence-corrected chi connectivity index (χ4v) is 6.21. The van der Waals surface area contributed by atoms with Crippen molar-refractivity contribution in [2.75, 3.05) is 0 Å². The van der Waals surface area contributed by atoms with Gasteiger partial charge in [-0.05, 0) is 87.2 Å². The Kier molecular flexibility index (Phi) is 4.76. The van der Waals surface area contributed by atoms with Gasteiger partial charge in [-0.15, -0.1) is 0 Å². The lowest BCUT2D eigenvalue weighted by Crippen LogP contribution is -2.27. The smallest absolute Gasteiger partial charge is 0.0728 e. The first-order valence-corrected chi connectivity index (χ1v) is 12.1. The fourth-order valence-electron chi connectivity index (χ4n) is 6.09. The Labute approximate surface area is 206 Å². The quantitative estimate of drug-likeness (QED) is 0.269. The first kappa shape index (κ1) is 21.0. The third-order valence-electron chi connectivity index (χ3n) is 7.47. The zero-order valence-electron chi connectivity index (χ0n) is 19.4. The molecule has 4 aromatic carbocycles. The number of hydrogen-bond acceptors (Lipinski definition) is 0. The van der Waals surface area contributed by atoms with Crippen molar-refractivity contribution in [1.82, 2.24) is 0 Å². The molecule has 2 aliphatic rings. The topological polar surface area (TPSA) is 0 Å². The Bertz CT molecular complexity index is 1500. The molecule has 0 saturated heterocycles. The van der Waals surface area contributed by atoms with Gasteiger partial charge in [-0.2, -0.15) is 0 Å². The molecule has 0 radical (unpaired) electrons. The maximum Gasteiger partial charge on any atom is 0.0728 e. The summed E-state index contributed by atoms with van der Waals surface area (Å²) in [6.45, 7) is 8.30. The van der Waals surface area contributed by atoms with E-state index in [1.165, 1.54) is 55.7 Å². The summed E-state index contributed by atoms with van der Waals surface area (Å²) in [5.74, 6) is 0. The van der Waals surface area contributed by atoms with E-state index in [0.717, 1.165) is 10.6 Å². The summed E-state index contributed by atoms with van der Waals surface area (Å²) in [7, 11) is 0. The number of aryl methyl sites for hydroxylation is 1. The predicted octanol–water partition coefficient (Wildman–Crippen LogP) is 9.16. The second-order valence-electron chi connectivity index (χ2n) is 9.17. The summed E-state index contributed by atoms with van der Waals surface area (Å²) in [5.41, 5.74) is 13.8. The molecule has 34 heavy (non-hydrogen) atoms. The summed E-state index contributed by atoms with van der Waals surface area (Å²) in [4.78, 5) is 0. The van der Waals surface area contributed by atoms with E-state index in [-0.39, 0.29) is 5.41 Å². The average molecular weight is 457 g/mol. The van der Waals surface area contributed by atoms with Gasteiger partial charge in [0, 0.05) is 5.02 Å². The zero-order valence-corrected chi connectivity index (χ0v) is 20.2. The number of fused-ring (bicyclic) bond motifs is 7. The molecule has 164 valence electrons. The molecular formula is C33H25Cl. The molecule has 0 aliphatic heterocycles. The van der Waals surface area contributed by atoms with Gasteiger partial charge in [-0.1, -0.05) is 109 Å². The number of allylic oxidation sites excluding steroid dienone is 5. The van der Waals surface area contributed by atoms with Crippen molar-refractivity contribution in [1.29, 1.82) is 0 Å². The van der Waals surface area contributed by atoms with Crippen molar-refractivity contribution >= 4 is 17.2 Å². The van der Waals surface area contributed by atoms with Crippen LogP contribution in [0, 0.1) is 6.92 Å². The number of halogens is 1. The van der Waals surface area contributed by atoms with Gasteiger partial charge in [0.05, 0.1) is 5.41 Å². The van der Waals surface area contributed by atoms with Crippen molar-refractivity contribution in [3.63, 3.8) is 0 Å². The zero-order chi connectivity index (χ0) is 23.4. The van der Waals surface area contributed by atoms with Crippen LogP contribution in [-0.4, -0.2) is 0 Å². The van der Waals surface area contributed by atoms with Crippen molar-refractivity contribution in [3.8, 4) is 22.3 Å². The van der Waals surface area contributed by atoms with E-state index in [0.29, 0.717) is 0 Å². The summed E-state index contributed by atoms with van der Waals surface area (Å²) < 4.78 is 0. The highest BCUT2D eigenvalue weighted by molar-refractivity contribution is 6.31. The lowest BCUT2D eigenvalue weighted by atomic mass is 9.67. The van der Waals surface area contributed by atoms with E-state index >= 15 is 0 Å². The van der Waals surface area contributed by atoms with Crippen LogP contribution in [0.4, 0.5) is 0 Å². The molecule has 0 saturated carbocycles. The highest BCUT2D eigenvalue weighted by Crippen LogP contribution is 2.63. The SMILES string of the molecule is C=C/C=C\C1=C(C)c2cccc(-c3ccc(Cl)c(C)c3)c2C12c1ccccc1-c1ccccc12. The first-order chi connectivity index (χ1) is 16.6. The van der Waals surface area contributed by atoms with Crippen molar-refractivity contribution in [3.05, 3.63) is 148 Å². The van der Waals surface area contributed by atoms with Gasteiger partial charge in [-0.3, -0.25) is 0 Å². The maximum absolute atomic E-state index is 6.42. The third-order valence-corrected chi connectivity index (χ3v) is 7.90. The van der Waals surface area contributed by atoms with Gasteiger partial charge >= 0.3 is 0 Å². The monoisotopic (exact) mass is 456 g/mol. The molecule has 0 nitrogen and oxygen atoms in total. The van der Waals surface area contributed by atoms with E-state index < -0.39 is 0 Å². The van der Waals surface area contributed by atoms with Gasteiger partial charge in [0.25, 0.3) is 0 Å². The normalized spacial score (nSPS) is 15.0. The molecular weight excluding hydrogens is 432 g/mol. The standard InChI is InChI=1S/C33H25Cl/c1-4-5-15-28-22(3)24-13-10-14-25(23-18-19-31(34)21(2)20-23)32(24)33(28)29-16-8-6-11-26(29)27-12-7-9-17-30(27)33/h4-20H,1H2,2-3H3/b15-5-. The van der Waals surface area contributed by atoms with Crippen LogP contribution in [0.2, 0.25) is 5.02 Å². The first-order valence-electron chi connectivity index (χ1n) is 11.7. The van der Waals surface area contributed by atoms with Crippen LogP contribution in [0.25, 0.3) is 27.8 Å². The maximum atomic E-state index is 6.42. The van der Waals surface area contributed by atoms with E-state index in [1.807, 2.05) is 12.1 Å². The van der Waals surface area contributed by atoms with Crippen LogP contribution in [0.15, 0.2) is 115 Å². The number of rotatable bonds is 3. The van der Waals surface area contributed by atoms with E-state index in [1.54, 1.807) is 0 Å². The second-order valence-corrected chi connectivity index (χ2v) is 9.57. The van der Waals surface area contributed by atoms with Gasteiger partial charge in [-0.25, -0.2) is 0 Å².